The van der Waals surface area contributed by atoms with Gasteiger partial charge in [-0.05, 0) is 13.3 Å². The summed E-state index contributed by atoms with van der Waals surface area (Å²) < 4.78 is 0. The first-order valence-electron chi connectivity index (χ1n) is 6.35. The van der Waals surface area contributed by atoms with E-state index in [0.29, 0.717) is 15.1 Å². The van der Waals surface area contributed by atoms with E-state index in [1.165, 1.54) is 17.4 Å². The Bertz CT molecular complexity index is 462. The number of thiophene rings is 1. The number of nitrogens with zero attached hydrogens (tertiary/aromatic N) is 2. The maximum atomic E-state index is 11.2. The maximum Gasteiger partial charge on any atom is 0.304 e. The number of hydrogen-bond donors (Lipinski definition) is 1. The first-order valence-corrected chi connectivity index (χ1v) is 8.22. The van der Waals surface area contributed by atoms with Crippen molar-refractivity contribution in [2.24, 2.45) is 0 Å². The van der Waals surface area contributed by atoms with Gasteiger partial charge in [0, 0.05) is 35.0 Å². The van der Waals surface area contributed by atoms with E-state index in [4.69, 9.17) is 0 Å². The van der Waals surface area contributed by atoms with Crippen molar-refractivity contribution < 1.29 is 10.0 Å². The SMILES string of the molecule is CCC1CN(c2sc([C@@H](C)O)cc2[N+](=O)[O-])CCS1. The topological polar surface area (TPSA) is 66.6 Å². The van der Waals surface area contributed by atoms with Gasteiger partial charge < -0.3 is 10.0 Å². The van der Waals surface area contributed by atoms with Crippen molar-refractivity contribution in [1.82, 2.24) is 0 Å². The van der Waals surface area contributed by atoms with Crippen molar-refractivity contribution in [2.45, 2.75) is 31.6 Å². The van der Waals surface area contributed by atoms with Crippen LogP contribution in [0.3, 0.4) is 0 Å². The summed E-state index contributed by atoms with van der Waals surface area (Å²) in [6.45, 7) is 5.47. The van der Waals surface area contributed by atoms with Crippen molar-refractivity contribution >= 4 is 33.8 Å². The second-order valence-electron chi connectivity index (χ2n) is 4.62. The fourth-order valence-corrected chi connectivity index (χ4v) is 4.38. The number of anilines is 1. The summed E-state index contributed by atoms with van der Waals surface area (Å²) in [5, 5.41) is 22.0. The van der Waals surface area contributed by atoms with Gasteiger partial charge in [0.15, 0.2) is 5.00 Å². The van der Waals surface area contributed by atoms with Crippen LogP contribution in [0.5, 0.6) is 0 Å². The molecule has 1 aliphatic heterocycles. The molecule has 1 fully saturated rings. The molecule has 0 bridgehead atoms. The van der Waals surface area contributed by atoms with Gasteiger partial charge >= 0.3 is 5.69 Å². The highest BCUT2D eigenvalue weighted by molar-refractivity contribution is 8.00. The van der Waals surface area contributed by atoms with Crippen LogP contribution in [0.4, 0.5) is 10.7 Å². The predicted molar refractivity (Wildman–Crippen MR) is 80.4 cm³/mol. The molecule has 7 heteroatoms. The molecule has 0 amide bonds. The van der Waals surface area contributed by atoms with Crippen molar-refractivity contribution in [3.05, 3.63) is 21.1 Å². The molecule has 2 heterocycles. The normalized spacial score (nSPS) is 21.4. The van der Waals surface area contributed by atoms with Crippen LogP contribution in [-0.4, -0.2) is 34.1 Å². The molecule has 0 aliphatic carbocycles. The number of hydrogen-bond acceptors (Lipinski definition) is 6. The molecule has 2 atom stereocenters. The van der Waals surface area contributed by atoms with Crippen LogP contribution >= 0.6 is 23.1 Å². The standard InChI is InChI=1S/C12H18N2O3S2/c1-3-9-7-13(4-5-18-9)12-10(14(16)17)6-11(19-12)8(2)15/h6,8-9,15H,3-5,7H2,1-2H3/t8-,9?/m1/s1. The van der Waals surface area contributed by atoms with Crippen molar-refractivity contribution in [1.29, 1.82) is 0 Å². The Hall–Kier alpha value is -0.790. The molecular formula is C12H18N2O3S2. The lowest BCUT2D eigenvalue weighted by atomic mass is 10.3. The fourth-order valence-electron chi connectivity index (χ4n) is 2.10. The molecule has 19 heavy (non-hydrogen) atoms. The molecule has 1 unspecified atom stereocenters. The Balaban J connectivity index is 2.29. The van der Waals surface area contributed by atoms with Crippen LogP contribution in [-0.2, 0) is 0 Å². The van der Waals surface area contributed by atoms with E-state index in [0.717, 1.165) is 25.3 Å². The zero-order valence-electron chi connectivity index (χ0n) is 11.0. The molecular weight excluding hydrogens is 284 g/mol. The lowest BCUT2D eigenvalue weighted by Crippen LogP contribution is -2.37. The second-order valence-corrected chi connectivity index (χ2v) is 7.09. The summed E-state index contributed by atoms with van der Waals surface area (Å²) in [4.78, 5) is 13.6. The van der Waals surface area contributed by atoms with E-state index in [-0.39, 0.29) is 10.6 Å². The van der Waals surface area contributed by atoms with Gasteiger partial charge in [0.1, 0.15) is 0 Å². The van der Waals surface area contributed by atoms with Gasteiger partial charge in [0.2, 0.25) is 0 Å². The van der Waals surface area contributed by atoms with E-state index in [1.54, 1.807) is 6.92 Å². The highest BCUT2D eigenvalue weighted by Crippen LogP contribution is 2.41. The molecule has 0 radical (unpaired) electrons. The van der Waals surface area contributed by atoms with Gasteiger partial charge in [0.05, 0.1) is 11.0 Å². The minimum absolute atomic E-state index is 0.127. The third kappa shape index (κ3) is 3.21. The van der Waals surface area contributed by atoms with Gasteiger partial charge in [-0.15, -0.1) is 11.3 Å². The molecule has 0 saturated carbocycles. The lowest BCUT2D eigenvalue weighted by Gasteiger charge is -2.32. The number of aliphatic hydroxyl groups excluding tert-OH is 1. The number of nitro groups is 1. The van der Waals surface area contributed by atoms with Gasteiger partial charge in [-0.3, -0.25) is 10.1 Å². The number of aliphatic hydroxyl groups is 1. The van der Waals surface area contributed by atoms with Crippen molar-refractivity contribution in [2.75, 3.05) is 23.7 Å². The van der Waals surface area contributed by atoms with Crippen LogP contribution in [0.2, 0.25) is 0 Å². The first kappa shape index (κ1) is 14.6. The summed E-state index contributed by atoms with van der Waals surface area (Å²) in [6, 6.07) is 1.51. The monoisotopic (exact) mass is 302 g/mol. The minimum atomic E-state index is -0.654. The molecule has 1 aliphatic rings. The summed E-state index contributed by atoms with van der Waals surface area (Å²) in [5.41, 5.74) is 0.127. The van der Waals surface area contributed by atoms with Crippen molar-refractivity contribution in [3.8, 4) is 0 Å². The van der Waals surface area contributed by atoms with Crippen LogP contribution < -0.4 is 4.90 Å². The van der Waals surface area contributed by atoms with Gasteiger partial charge in [-0.1, -0.05) is 6.92 Å². The Labute approximate surface area is 120 Å². The molecule has 0 aromatic carbocycles. The Kier molecular flexibility index (Phi) is 4.70. The Morgan fingerprint density at radius 3 is 3.00 bits per heavy atom. The minimum Gasteiger partial charge on any atom is -0.388 e. The molecule has 1 aromatic heterocycles. The zero-order valence-corrected chi connectivity index (χ0v) is 12.7. The third-order valence-electron chi connectivity index (χ3n) is 3.20. The fraction of sp³-hybridized carbons (Fsp3) is 0.667. The van der Waals surface area contributed by atoms with Crippen LogP contribution in [0, 0.1) is 10.1 Å². The molecule has 5 nitrogen and oxygen atoms in total. The van der Waals surface area contributed by atoms with E-state index >= 15 is 0 Å². The molecule has 1 N–H and O–H groups in total. The smallest absolute Gasteiger partial charge is 0.304 e. The van der Waals surface area contributed by atoms with Crippen molar-refractivity contribution in [3.63, 3.8) is 0 Å². The van der Waals surface area contributed by atoms with Gasteiger partial charge in [-0.2, -0.15) is 11.8 Å². The summed E-state index contributed by atoms with van der Waals surface area (Å²) in [6.07, 6.45) is 0.419. The predicted octanol–water partition coefficient (Wildman–Crippen LogP) is 3.04. The van der Waals surface area contributed by atoms with Crippen LogP contribution in [0.15, 0.2) is 6.07 Å². The summed E-state index contributed by atoms with van der Waals surface area (Å²) in [5.74, 6) is 0.998. The highest BCUT2D eigenvalue weighted by atomic mass is 32.2. The largest absolute Gasteiger partial charge is 0.388 e. The van der Waals surface area contributed by atoms with E-state index < -0.39 is 6.10 Å². The molecule has 1 saturated heterocycles. The average molecular weight is 302 g/mol. The quantitative estimate of drug-likeness (QED) is 0.684. The average Bonchev–Trinajstić information content (AvgIpc) is 2.84. The van der Waals surface area contributed by atoms with Crippen LogP contribution in [0.25, 0.3) is 0 Å². The molecule has 1 aromatic rings. The first-order chi connectivity index (χ1) is 9.02. The van der Waals surface area contributed by atoms with Crippen LogP contribution in [0.1, 0.15) is 31.2 Å². The number of thioether (sulfide) groups is 1. The second kappa shape index (κ2) is 6.11. The maximum absolute atomic E-state index is 11.2. The Morgan fingerprint density at radius 2 is 2.42 bits per heavy atom. The van der Waals surface area contributed by atoms with E-state index in [9.17, 15) is 15.2 Å². The highest BCUT2D eigenvalue weighted by Gasteiger charge is 2.28. The molecule has 106 valence electrons. The Morgan fingerprint density at radius 1 is 1.68 bits per heavy atom. The van der Waals surface area contributed by atoms with E-state index in [1.807, 2.05) is 11.8 Å². The lowest BCUT2D eigenvalue weighted by molar-refractivity contribution is -0.383. The number of rotatable bonds is 4. The molecule has 2 rings (SSSR count). The van der Waals surface area contributed by atoms with Gasteiger partial charge in [0.25, 0.3) is 0 Å². The molecule has 0 spiro atoms. The van der Waals surface area contributed by atoms with E-state index in [2.05, 4.69) is 11.8 Å². The summed E-state index contributed by atoms with van der Waals surface area (Å²) >= 11 is 3.27. The van der Waals surface area contributed by atoms with Gasteiger partial charge in [-0.25, -0.2) is 0 Å². The zero-order chi connectivity index (χ0) is 14.0. The summed E-state index contributed by atoms with van der Waals surface area (Å²) in [7, 11) is 0. The third-order valence-corrected chi connectivity index (χ3v) is 5.93.